The quantitative estimate of drug-likeness (QED) is 0.550. The van der Waals surface area contributed by atoms with Crippen molar-refractivity contribution < 1.29 is 14.6 Å². The third kappa shape index (κ3) is 5.43. The zero-order chi connectivity index (χ0) is 6.41. The van der Waals surface area contributed by atoms with E-state index in [1.165, 1.54) is 6.61 Å². The Morgan fingerprint density at radius 3 is 2.88 bits per heavy atom. The fraction of sp³-hybridized carbons (Fsp3) is 0.600. The molecule has 1 N–H and O–H groups in total. The molecular formula is C5H9O3. The molecule has 0 unspecified atom stereocenters. The number of hydrogen-bond acceptors (Lipinski definition) is 2. The summed E-state index contributed by atoms with van der Waals surface area (Å²) in [5.74, 6) is -0.935. The highest BCUT2D eigenvalue weighted by Crippen LogP contribution is 1.85. The van der Waals surface area contributed by atoms with Crippen LogP contribution in [-0.2, 0) is 9.53 Å². The van der Waals surface area contributed by atoms with Crippen molar-refractivity contribution in [2.24, 2.45) is 0 Å². The molecule has 3 nitrogen and oxygen atoms in total. The van der Waals surface area contributed by atoms with Crippen molar-refractivity contribution in [2.75, 3.05) is 6.61 Å². The van der Waals surface area contributed by atoms with Crippen LogP contribution in [-0.4, -0.2) is 17.7 Å². The van der Waals surface area contributed by atoms with Crippen molar-refractivity contribution in [1.29, 1.82) is 0 Å². The molecule has 0 heterocycles. The molecule has 0 saturated carbocycles. The van der Waals surface area contributed by atoms with Crippen LogP contribution in [0.3, 0.4) is 0 Å². The van der Waals surface area contributed by atoms with E-state index in [1.54, 1.807) is 0 Å². The number of ether oxygens (including phenoxy) is 1. The van der Waals surface area contributed by atoms with Gasteiger partial charge < -0.3 is 9.84 Å². The molecule has 0 aromatic heterocycles. The molecule has 0 bridgehead atoms. The zero-order valence-corrected chi connectivity index (χ0v) is 4.76. The first-order valence-electron chi connectivity index (χ1n) is 2.42. The standard InChI is InChI=1S/C5H9O3/c1-2-3-8-4-5(6)7/h3H,2,4H2,1H3,(H,6,7). The lowest BCUT2D eigenvalue weighted by molar-refractivity contribution is -0.141. The second kappa shape index (κ2) is 4.59. The van der Waals surface area contributed by atoms with Crippen LogP contribution in [0.1, 0.15) is 13.3 Å². The average Bonchev–Trinajstić information content (AvgIpc) is 1.66. The lowest BCUT2D eigenvalue weighted by atomic mass is 10.5. The van der Waals surface area contributed by atoms with E-state index in [9.17, 15) is 4.79 Å². The monoisotopic (exact) mass is 117 g/mol. The van der Waals surface area contributed by atoms with Crippen molar-refractivity contribution in [3.8, 4) is 0 Å². The fourth-order valence-electron chi connectivity index (χ4n) is 0.248. The molecule has 8 heavy (non-hydrogen) atoms. The third-order valence-electron chi connectivity index (χ3n) is 0.491. The molecule has 0 aromatic rings. The Bertz CT molecular complexity index is 70.1. The van der Waals surface area contributed by atoms with Crippen LogP contribution >= 0.6 is 0 Å². The predicted molar refractivity (Wildman–Crippen MR) is 28.2 cm³/mol. The minimum Gasteiger partial charge on any atom is -0.480 e. The maximum atomic E-state index is 9.73. The lowest BCUT2D eigenvalue weighted by Gasteiger charge is -1.93. The Kier molecular flexibility index (Phi) is 4.26. The molecule has 0 fully saturated rings. The molecule has 1 radical (unpaired) electrons. The second-order valence-electron chi connectivity index (χ2n) is 1.28. The van der Waals surface area contributed by atoms with Crippen LogP contribution in [0, 0.1) is 6.61 Å². The molecule has 0 aliphatic carbocycles. The summed E-state index contributed by atoms with van der Waals surface area (Å²) in [4.78, 5) is 9.73. The average molecular weight is 117 g/mol. The highest BCUT2D eigenvalue weighted by atomic mass is 16.5. The summed E-state index contributed by atoms with van der Waals surface area (Å²) in [5.41, 5.74) is 0. The second-order valence-corrected chi connectivity index (χ2v) is 1.28. The van der Waals surface area contributed by atoms with Crippen LogP contribution in [0.25, 0.3) is 0 Å². The van der Waals surface area contributed by atoms with Gasteiger partial charge in [-0.2, -0.15) is 0 Å². The highest BCUT2D eigenvalue weighted by Gasteiger charge is 1.92. The molecule has 0 spiro atoms. The number of hydrogen-bond donors (Lipinski definition) is 1. The van der Waals surface area contributed by atoms with Gasteiger partial charge in [-0.25, -0.2) is 4.79 Å². The minimum absolute atomic E-state index is 0.228. The van der Waals surface area contributed by atoms with Gasteiger partial charge in [-0.15, -0.1) is 0 Å². The molecular weight excluding hydrogens is 108 g/mol. The first kappa shape index (κ1) is 7.43. The summed E-state index contributed by atoms with van der Waals surface area (Å²) in [7, 11) is 0. The number of carboxylic acid groups (broad SMARTS) is 1. The van der Waals surface area contributed by atoms with E-state index in [2.05, 4.69) is 4.74 Å². The number of carbonyl (C=O) groups is 1. The first-order valence-corrected chi connectivity index (χ1v) is 2.42. The van der Waals surface area contributed by atoms with E-state index in [1.807, 2.05) is 6.92 Å². The van der Waals surface area contributed by atoms with Gasteiger partial charge in [-0.3, -0.25) is 0 Å². The summed E-state index contributed by atoms with van der Waals surface area (Å²) in [6.45, 7) is 3.11. The van der Waals surface area contributed by atoms with Crippen molar-refractivity contribution in [3.63, 3.8) is 0 Å². The SMILES string of the molecule is CC[CH]OCC(=O)O. The lowest BCUT2D eigenvalue weighted by Crippen LogP contribution is -2.04. The Labute approximate surface area is 48.3 Å². The van der Waals surface area contributed by atoms with E-state index in [0.29, 0.717) is 0 Å². The Hall–Kier alpha value is -0.570. The maximum Gasteiger partial charge on any atom is 0.329 e. The molecule has 3 heteroatoms. The van der Waals surface area contributed by atoms with E-state index in [0.717, 1.165) is 6.42 Å². The van der Waals surface area contributed by atoms with Gasteiger partial charge in [-0.05, 0) is 6.42 Å². The highest BCUT2D eigenvalue weighted by molar-refractivity contribution is 5.68. The molecule has 0 rings (SSSR count). The van der Waals surface area contributed by atoms with Gasteiger partial charge in [0.1, 0.15) is 6.61 Å². The van der Waals surface area contributed by atoms with Gasteiger partial charge in [0.05, 0.1) is 6.61 Å². The summed E-state index contributed by atoms with van der Waals surface area (Å²) in [6.07, 6.45) is 0.743. The molecule has 0 amide bonds. The van der Waals surface area contributed by atoms with Crippen LogP contribution in [0.5, 0.6) is 0 Å². The summed E-state index contributed by atoms with van der Waals surface area (Å²) in [5, 5.41) is 8.00. The number of carboxylic acids is 1. The van der Waals surface area contributed by atoms with Gasteiger partial charge in [-0.1, -0.05) is 6.92 Å². The molecule has 0 aliphatic rings. The summed E-state index contributed by atoms with van der Waals surface area (Å²) >= 11 is 0. The smallest absolute Gasteiger partial charge is 0.329 e. The Morgan fingerprint density at radius 2 is 2.50 bits per heavy atom. The van der Waals surface area contributed by atoms with Crippen molar-refractivity contribution in [3.05, 3.63) is 6.61 Å². The molecule has 47 valence electrons. The van der Waals surface area contributed by atoms with E-state index >= 15 is 0 Å². The van der Waals surface area contributed by atoms with Crippen molar-refractivity contribution in [2.45, 2.75) is 13.3 Å². The first-order chi connectivity index (χ1) is 3.77. The summed E-state index contributed by atoms with van der Waals surface area (Å²) < 4.78 is 4.52. The third-order valence-corrected chi connectivity index (χ3v) is 0.491. The molecule has 0 saturated heterocycles. The van der Waals surface area contributed by atoms with Crippen LogP contribution < -0.4 is 0 Å². The maximum absolute atomic E-state index is 9.73. The minimum atomic E-state index is -0.935. The summed E-state index contributed by atoms with van der Waals surface area (Å²) in [6, 6.07) is 0. The van der Waals surface area contributed by atoms with Crippen LogP contribution in [0.2, 0.25) is 0 Å². The Balaban J connectivity index is 2.82. The number of rotatable bonds is 4. The largest absolute Gasteiger partial charge is 0.480 e. The molecule has 0 aromatic carbocycles. The van der Waals surface area contributed by atoms with E-state index < -0.39 is 5.97 Å². The van der Waals surface area contributed by atoms with Gasteiger partial charge in [0.15, 0.2) is 0 Å². The van der Waals surface area contributed by atoms with Crippen LogP contribution in [0.4, 0.5) is 0 Å². The van der Waals surface area contributed by atoms with E-state index in [4.69, 9.17) is 5.11 Å². The van der Waals surface area contributed by atoms with Crippen molar-refractivity contribution in [1.82, 2.24) is 0 Å². The zero-order valence-electron chi connectivity index (χ0n) is 4.76. The fourth-order valence-corrected chi connectivity index (χ4v) is 0.248. The van der Waals surface area contributed by atoms with Gasteiger partial charge >= 0.3 is 5.97 Å². The van der Waals surface area contributed by atoms with Gasteiger partial charge in [0, 0.05) is 0 Å². The van der Waals surface area contributed by atoms with Crippen LogP contribution in [0.15, 0.2) is 0 Å². The topological polar surface area (TPSA) is 46.5 Å². The van der Waals surface area contributed by atoms with E-state index in [-0.39, 0.29) is 6.61 Å². The number of aliphatic carboxylic acids is 1. The molecule has 0 atom stereocenters. The molecule has 0 aliphatic heterocycles. The predicted octanol–water partition coefficient (Wildman–Crippen LogP) is 0.659. The Morgan fingerprint density at radius 1 is 1.88 bits per heavy atom. The normalized spacial score (nSPS) is 9.12. The van der Waals surface area contributed by atoms with Gasteiger partial charge in [0.25, 0.3) is 0 Å². The van der Waals surface area contributed by atoms with Gasteiger partial charge in [0.2, 0.25) is 0 Å². The van der Waals surface area contributed by atoms with Crippen molar-refractivity contribution >= 4 is 5.97 Å².